The summed E-state index contributed by atoms with van der Waals surface area (Å²) in [4.78, 5) is 38.9. The van der Waals surface area contributed by atoms with Crippen LogP contribution in [0, 0.1) is 10.5 Å². The Hall–Kier alpha value is -2.24. The van der Waals surface area contributed by atoms with Crippen molar-refractivity contribution >= 4 is 74.8 Å². The topological polar surface area (TPSA) is 84.9 Å². The van der Waals surface area contributed by atoms with Crippen LogP contribution >= 0.6 is 46.0 Å². The Balaban J connectivity index is 1.76. The number of nitrogens with zero attached hydrogens (tertiary/aromatic N) is 1. The Morgan fingerprint density at radius 1 is 1.27 bits per heavy atom. The summed E-state index contributed by atoms with van der Waals surface area (Å²) >= 11 is 8.91. The number of aryl methyl sites for hydroxylation is 1. The molecule has 1 heterocycles. The number of amides is 3. The zero-order valence-electron chi connectivity index (χ0n) is 18.2. The summed E-state index contributed by atoms with van der Waals surface area (Å²) in [6.45, 7) is 4.00. The molecular formula is C23H22ClIN2O5S. The SMILES string of the molecule is CCCOc1c(I)cc(/C=C2\SC(=O)N(CC(=O)Nc3cc(Cl)ccc3C)C2=O)cc1OC. The summed E-state index contributed by atoms with van der Waals surface area (Å²) in [5, 5.41) is 2.67. The number of rotatable bonds is 8. The Morgan fingerprint density at radius 2 is 2.03 bits per heavy atom. The number of thioether (sulfide) groups is 1. The second kappa shape index (κ2) is 11.3. The molecule has 10 heteroatoms. The molecule has 0 bridgehead atoms. The van der Waals surface area contributed by atoms with Gasteiger partial charge in [0.25, 0.3) is 11.1 Å². The highest BCUT2D eigenvalue weighted by Crippen LogP contribution is 2.37. The van der Waals surface area contributed by atoms with Crippen LogP contribution in [0.1, 0.15) is 24.5 Å². The van der Waals surface area contributed by atoms with E-state index in [9.17, 15) is 14.4 Å². The van der Waals surface area contributed by atoms with Crippen LogP contribution in [0.5, 0.6) is 11.5 Å². The Morgan fingerprint density at radius 3 is 2.73 bits per heavy atom. The molecule has 0 aliphatic carbocycles. The molecule has 2 aromatic carbocycles. The van der Waals surface area contributed by atoms with Gasteiger partial charge in [0.2, 0.25) is 5.91 Å². The molecule has 0 aromatic heterocycles. The van der Waals surface area contributed by atoms with Gasteiger partial charge in [0.15, 0.2) is 11.5 Å². The number of methoxy groups -OCH3 is 1. The third-order valence-electron chi connectivity index (χ3n) is 4.65. The van der Waals surface area contributed by atoms with Gasteiger partial charge in [-0.3, -0.25) is 19.3 Å². The van der Waals surface area contributed by atoms with Crippen LogP contribution in [0.25, 0.3) is 6.08 Å². The quantitative estimate of drug-likeness (QED) is 0.308. The van der Waals surface area contributed by atoms with Gasteiger partial charge in [-0.05, 0) is 89.2 Å². The number of imide groups is 1. The third kappa shape index (κ3) is 6.21. The predicted molar refractivity (Wildman–Crippen MR) is 139 cm³/mol. The Bertz CT molecular complexity index is 1140. The molecule has 174 valence electrons. The molecule has 3 amide bonds. The van der Waals surface area contributed by atoms with Crippen molar-refractivity contribution in [2.75, 3.05) is 25.6 Å². The van der Waals surface area contributed by atoms with Crippen LogP contribution in [-0.2, 0) is 9.59 Å². The van der Waals surface area contributed by atoms with Gasteiger partial charge in [-0.1, -0.05) is 24.6 Å². The van der Waals surface area contributed by atoms with E-state index < -0.39 is 23.6 Å². The van der Waals surface area contributed by atoms with Crippen LogP contribution in [-0.4, -0.2) is 42.2 Å². The van der Waals surface area contributed by atoms with E-state index in [0.717, 1.165) is 32.2 Å². The van der Waals surface area contributed by atoms with Gasteiger partial charge in [0.1, 0.15) is 6.54 Å². The first-order chi connectivity index (χ1) is 15.7. The average Bonchev–Trinajstić information content (AvgIpc) is 3.02. The van der Waals surface area contributed by atoms with E-state index in [0.29, 0.717) is 34.4 Å². The second-order valence-corrected chi connectivity index (χ2v) is 9.75. The van der Waals surface area contributed by atoms with E-state index in [2.05, 4.69) is 27.9 Å². The normalized spacial score (nSPS) is 14.7. The van der Waals surface area contributed by atoms with Crippen molar-refractivity contribution in [2.45, 2.75) is 20.3 Å². The fourth-order valence-electron chi connectivity index (χ4n) is 3.02. The van der Waals surface area contributed by atoms with Crippen LogP contribution in [0.3, 0.4) is 0 Å². The highest BCUT2D eigenvalue weighted by Gasteiger charge is 2.36. The van der Waals surface area contributed by atoms with Crippen molar-refractivity contribution < 1.29 is 23.9 Å². The van der Waals surface area contributed by atoms with E-state index in [1.165, 1.54) is 0 Å². The number of ether oxygens (including phenoxy) is 2. The van der Waals surface area contributed by atoms with Gasteiger partial charge in [-0.2, -0.15) is 0 Å². The van der Waals surface area contributed by atoms with E-state index in [1.807, 2.05) is 19.9 Å². The molecule has 1 aliphatic rings. The van der Waals surface area contributed by atoms with Gasteiger partial charge >= 0.3 is 0 Å². The summed E-state index contributed by atoms with van der Waals surface area (Å²) in [6, 6.07) is 8.69. The molecule has 1 saturated heterocycles. The summed E-state index contributed by atoms with van der Waals surface area (Å²) < 4.78 is 12.0. The molecule has 1 N–H and O–H groups in total. The lowest BCUT2D eigenvalue weighted by atomic mass is 10.2. The molecule has 3 rings (SSSR count). The number of benzene rings is 2. The number of halogens is 2. The maximum atomic E-state index is 12.8. The maximum Gasteiger partial charge on any atom is 0.294 e. The van der Waals surface area contributed by atoms with Crippen LogP contribution in [0.2, 0.25) is 5.02 Å². The molecule has 1 fully saturated rings. The zero-order valence-corrected chi connectivity index (χ0v) is 22.0. The van der Waals surface area contributed by atoms with Crippen molar-refractivity contribution in [2.24, 2.45) is 0 Å². The third-order valence-corrected chi connectivity index (χ3v) is 6.59. The number of nitrogens with one attached hydrogen (secondary N) is 1. The highest BCUT2D eigenvalue weighted by atomic mass is 127. The summed E-state index contributed by atoms with van der Waals surface area (Å²) in [7, 11) is 1.54. The van der Waals surface area contributed by atoms with E-state index in [-0.39, 0.29) is 4.91 Å². The van der Waals surface area contributed by atoms with E-state index in [1.54, 1.807) is 37.5 Å². The molecule has 0 atom stereocenters. The lowest BCUT2D eigenvalue weighted by Gasteiger charge is -2.14. The Kier molecular flexibility index (Phi) is 8.66. The van der Waals surface area contributed by atoms with Crippen molar-refractivity contribution in [1.82, 2.24) is 4.90 Å². The van der Waals surface area contributed by atoms with Crippen molar-refractivity contribution in [3.05, 3.63) is 55.0 Å². The predicted octanol–water partition coefficient (Wildman–Crippen LogP) is 5.73. The monoisotopic (exact) mass is 600 g/mol. The average molecular weight is 601 g/mol. The highest BCUT2D eigenvalue weighted by molar-refractivity contribution is 14.1. The molecule has 7 nitrogen and oxygen atoms in total. The molecule has 1 aliphatic heterocycles. The second-order valence-electron chi connectivity index (χ2n) is 7.16. The van der Waals surface area contributed by atoms with Crippen LogP contribution in [0.4, 0.5) is 10.5 Å². The fourth-order valence-corrected chi connectivity index (χ4v) is 4.81. The van der Waals surface area contributed by atoms with Gasteiger partial charge in [-0.25, -0.2) is 0 Å². The van der Waals surface area contributed by atoms with Crippen molar-refractivity contribution in [3.63, 3.8) is 0 Å². The number of anilines is 1. The first kappa shape index (κ1) is 25.4. The minimum Gasteiger partial charge on any atom is -0.493 e. The molecule has 2 aromatic rings. The van der Waals surface area contributed by atoms with E-state index in [4.69, 9.17) is 21.1 Å². The fraction of sp³-hybridized carbons (Fsp3) is 0.261. The summed E-state index contributed by atoms with van der Waals surface area (Å²) in [5.41, 5.74) is 2.03. The molecule has 0 saturated carbocycles. The molecule has 0 radical (unpaired) electrons. The zero-order chi connectivity index (χ0) is 24.1. The van der Waals surface area contributed by atoms with Gasteiger partial charge in [0, 0.05) is 10.7 Å². The minimum atomic E-state index is -0.525. The molecule has 0 unspecified atom stereocenters. The lowest BCUT2D eigenvalue weighted by Crippen LogP contribution is -2.36. The number of carbonyl (C=O) groups is 3. The van der Waals surface area contributed by atoms with Gasteiger partial charge < -0.3 is 14.8 Å². The molecule has 33 heavy (non-hydrogen) atoms. The number of hydrogen-bond donors (Lipinski definition) is 1. The number of carbonyl (C=O) groups excluding carboxylic acids is 3. The first-order valence-corrected chi connectivity index (χ1v) is 12.3. The summed E-state index contributed by atoms with van der Waals surface area (Å²) in [6.07, 6.45) is 2.47. The Labute approximate surface area is 215 Å². The molecule has 0 spiro atoms. The summed E-state index contributed by atoms with van der Waals surface area (Å²) in [5.74, 6) is 0.163. The smallest absolute Gasteiger partial charge is 0.294 e. The minimum absolute atomic E-state index is 0.229. The maximum absolute atomic E-state index is 12.8. The largest absolute Gasteiger partial charge is 0.493 e. The molecular weight excluding hydrogens is 579 g/mol. The van der Waals surface area contributed by atoms with Gasteiger partial charge in [0.05, 0.1) is 22.2 Å². The lowest BCUT2D eigenvalue weighted by molar-refractivity contribution is -0.127. The first-order valence-electron chi connectivity index (χ1n) is 10.0. The standard InChI is InChI=1S/C23H22ClIN2O5S/c1-4-7-32-21-16(25)8-14(9-18(21)31-3)10-19-22(29)27(23(30)33-19)12-20(28)26-17-11-15(24)6-5-13(17)2/h5-6,8-11H,4,7,12H2,1-3H3,(H,26,28)/b19-10-. The van der Waals surface area contributed by atoms with E-state index >= 15 is 0 Å². The van der Waals surface area contributed by atoms with Gasteiger partial charge in [-0.15, -0.1) is 0 Å². The number of hydrogen-bond acceptors (Lipinski definition) is 6. The van der Waals surface area contributed by atoms with Crippen LogP contribution in [0.15, 0.2) is 35.2 Å². The van der Waals surface area contributed by atoms with Crippen molar-refractivity contribution in [1.29, 1.82) is 0 Å². The van der Waals surface area contributed by atoms with Crippen LogP contribution < -0.4 is 14.8 Å². The van der Waals surface area contributed by atoms with Crippen molar-refractivity contribution in [3.8, 4) is 11.5 Å².